The highest BCUT2D eigenvalue weighted by atomic mass is 32.2. The van der Waals surface area contributed by atoms with Gasteiger partial charge in [-0.25, -0.2) is 22.3 Å². The molecule has 1 aromatic rings. The van der Waals surface area contributed by atoms with Crippen LogP contribution in [0.5, 0.6) is 0 Å². The first-order valence-corrected chi connectivity index (χ1v) is 9.20. The fourth-order valence-electron chi connectivity index (χ4n) is 2.46. The van der Waals surface area contributed by atoms with Gasteiger partial charge in [-0.15, -0.1) is 0 Å². The third-order valence-electron chi connectivity index (χ3n) is 3.53. The standard InChI is InChI=1S/C13H16FNO4S2/c1-20-11-4-2-3-10(11)15-21(18,19)12-6-5-8(13(16)17)7-9(12)14/h5-7,10-11,15H,2-4H2,1H3,(H,16,17). The molecule has 0 aromatic heterocycles. The minimum atomic E-state index is -3.99. The Morgan fingerprint density at radius 2 is 2.14 bits per heavy atom. The van der Waals surface area contributed by atoms with Gasteiger partial charge in [0.25, 0.3) is 0 Å². The Morgan fingerprint density at radius 1 is 1.43 bits per heavy atom. The molecule has 0 aliphatic heterocycles. The molecule has 0 bridgehead atoms. The summed E-state index contributed by atoms with van der Waals surface area (Å²) in [7, 11) is -3.99. The van der Waals surface area contributed by atoms with Gasteiger partial charge < -0.3 is 5.11 Å². The van der Waals surface area contributed by atoms with Crippen LogP contribution in [-0.4, -0.2) is 37.0 Å². The first kappa shape index (κ1) is 16.3. The molecule has 2 N–H and O–H groups in total. The molecule has 0 amide bonds. The lowest BCUT2D eigenvalue weighted by Gasteiger charge is -2.19. The van der Waals surface area contributed by atoms with Gasteiger partial charge in [-0.2, -0.15) is 11.8 Å². The number of halogens is 1. The monoisotopic (exact) mass is 333 g/mol. The summed E-state index contributed by atoms with van der Waals surface area (Å²) in [5, 5.41) is 8.95. The molecule has 21 heavy (non-hydrogen) atoms. The molecule has 2 rings (SSSR count). The maximum atomic E-state index is 13.9. The number of benzene rings is 1. The van der Waals surface area contributed by atoms with Crippen molar-refractivity contribution in [3.05, 3.63) is 29.6 Å². The van der Waals surface area contributed by atoms with E-state index in [1.54, 1.807) is 11.8 Å². The van der Waals surface area contributed by atoms with Crippen molar-refractivity contribution >= 4 is 27.8 Å². The van der Waals surface area contributed by atoms with E-state index in [0.717, 1.165) is 37.5 Å². The zero-order valence-electron chi connectivity index (χ0n) is 11.4. The lowest BCUT2D eigenvalue weighted by molar-refractivity contribution is 0.0696. The second kappa shape index (κ2) is 6.33. The van der Waals surface area contributed by atoms with Gasteiger partial charge in [0.05, 0.1) is 5.56 Å². The van der Waals surface area contributed by atoms with Crippen LogP contribution < -0.4 is 4.72 Å². The summed E-state index contributed by atoms with van der Waals surface area (Å²) in [5.41, 5.74) is -0.283. The number of carbonyl (C=O) groups is 1. The van der Waals surface area contributed by atoms with Gasteiger partial charge in [0.1, 0.15) is 10.7 Å². The van der Waals surface area contributed by atoms with Crippen LogP contribution in [0.3, 0.4) is 0 Å². The molecular weight excluding hydrogens is 317 g/mol. The van der Waals surface area contributed by atoms with Crippen molar-refractivity contribution in [1.82, 2.24) is 4.72 Å². The van der Waals surface area contributed by atoms with Crippen LogP contribution in [0.4, 0.5) is 4.39 Å². The molecule has 2 unspecified atom stereocenters. The average Bonchev–Trinajstić information content (AvgIpc) is 2.84. The molecule has 1 aliphatic rings. The summed E-state index contributed by atoms with van der Waals surface area (Å²) in [6.07, 6.45) is 4.49. The highest BCUT2D eigenvalue weighted by Crippen LogP contribution is 2.29. The van der Waals surface area contributed by atoms with Crippen molar-refractivity contribution in [3.63, 3.8) is 0 Å². The number of hydrogen-bond acceptors (Lipinski definition) is 4. The van der Waals surface area contributed by atoms with E-state index in [1.807, 2.05) is 6.26 Å². The van der Waals surface area contributed by atoms with E-state index in [4.69, 9.17) is 5.11 Å². The maximum Gasteiger partial charge on any atom is 0.335 e. The van der Waals surface area contributed by atoms with Gasteiger partial charge in [-0.1, -0.05) is 6.42 Å². The third kappa shape index (κ3) is 3.56. The third-order valence-corrected chi connectivity index (χ3v) is 6.22. The zero-order valence-corrected chi connectivity index (χ0v) is 13.0. The van der Waals surface area contributed by atoms with Crippen LogP contribution in [0.25, 0.3) is 0 Å². The minimum Gasteiger partial charge on any atom is -0.478 e. The second-order valence-corrected chi connectivity index (χ2v) is 7.64. The number of aromatic carboxylic acids is 1. The zero-order chi connectivity index (χ0) is 15.6. The lowest BCUT2D eigenvalue weighted by Crippen LogP contribution is -2.38. The summed E-state index contributed by atoms with van der Waals surface area (Å²) >= 11 is 1.59. The van der Waals surface area contributed by atoms with Crippen LogP contribution >= 0.6 is 11.8 Å². The van der Waals surface area contributed by atoms with E-state index < -0.39 is 26.7 Å². The summed E-state index contributed by atoms with van der Waals surface area (Å²) in [6, 6.07) is 2.58. The van der Waals surface area contributed by atoms with E-state index >= 15 is 0 Å². The van der Waals surface area contributed by atoms with E-state index in [-0.39, 0.29) is 16.9 Å². The molecule has 0 radical (unpaired) electrons. The van der Waals surface area contributed by atoms with Gasteiger partial charge in [-0.05, 0) is 37.3 Å². The minimum absolute atomic E-state index is 0.182. The average molecular weight is 333 g/mol. The van der Waals surface area contributed by atoms with Gasteiger partial charge in [0, 0.05) is 11.3 Å². The fourth-order valence-corrected chi connectivity index (χ4v) is 4.85. The van der Waals surface area contributed by atoms with Crippen molar-refractivity contribution < 1.29 is 22.7 Å². The topological polar surface area (TPSA) is 83.5 Å². The number of thioether (sulfide) groups is 1. The number of carboxylic acids is 1. The van der Waals surface area contributed by atoms with Gasteiger partial charge in [0.2, 0.25) is 10.0 Å². The molecule has 116 valence electrons. The van der Waals surface area contributed by atoms with Gasteiger partial charge in [-0.3, -0.25) is 0 Å². The summed E-state index contributed by atoms with van der Waals surface area (Å²) in [6.45, 7) is 0. The van der Waals surface area contributed by atoms with E-state index in [2.05, 4.69) is 4.72 Å². The fraction of sp³-hybridized carbons (Fsp3) is 0.462. The Labute approximate surface area is 127 Å². The van der Waals surface area contributed by atoms with E-state index in [0.29, 0.717) is 0 Å². The van der Waals surface area contributed by atoms with Crippen molar-refractivity contribution in [2.24, 2.45) is 0 Å². The summed E-state index contributed by atoms with van der Waals surface area (Å²) < 4.78 is 40.9. The highest BCUT2D eigenvalue weighted by Gasteiger charge is 2.31. The molecule has 0 heterocycles. The van der Waals surface area contributed by atoms with Crippen LogP contribution in [-0.2, 0) is 10.0 Å². The Hall–Kier alpha value is -1.12. The molecule has 0 spiro atoms. The predicted octanol–water partition coefficient (Wildman–Crippen LogP) is 2.09. The first-order valence-electron chi connectivity index (χ1n) is 6.43. The van der Waals surface area contributed by atoms with Crippen LogP contribution in [0.2, 0.25) is 0 Å². The van der Waals surface area contributed by atoms with Crippen molar-refractivity contribution in [2.45, 2.75) is 35.4 Å². The largest absolute Gasteiger partial charge is 0.478 e. The van der Waals surface area contributed by atoms with E-state index in [1.165, 1.54) is 0 Å². The molecule has 5 nitrogen and oxygen atoms in total. The van der Waals surface area contributed by atoms with Gasteiger partial charge in [0.15, 0.2) is 0 Å². The number of rotatable bonds is 5. The second-order valence-electron chi connectivity index (χ2n) is 4.88. The maximum absolute atomic E-state index is 13.9. The number of hydrogen-bond donors (Lipinski definition) is 2. The van der Waals surface area contributed by atoms with Crippen LogP contribution in [0.15, 0.2) is 23.1 Å². The smallest absolute Gasteiger partial charge is 0.335 e. The van der Waals surface area contributed by atoms with Crippen molar-refractivity contribution in [3.8, 4) is 0 Å². The number of sulfonamides is 1. The Balaban J connectivity index is 2.25. The Bertz CT molecular complexity index is 648. The van der Waals surface area contributed by atoms with Crippen molar-refractivity contribution in [2.75, 3.05) is 6.26 Å². The number of carboxylic acid groups (broad SMARTS) is 1. The van der Waals surface area contributed by atoms with Crippen LogP contribution in [0, 0.1) is 5.82 Å². The number of nitrogens with one attached hydrogen (secondary N) is 1. The molecule has 8 heteroatoms. The SMILES string of the molecule is CSC1CCCC1NS(=O)(=O)c1ccc(C(=O)O)cc1F. The summed E-state index contributed by atoms with van der Waals surface area (Å²) in [5.74, 6) is -2.36. The predicted molar refractivity (Wildman–Crippen MR) is 78.6 cm³/mol. The van der Waals surface area contributed by atoms with Crippen molar-refractivity contribution in [1.29, 1.82) is 0 Å². The van der Waals surface area contributed by atoms with Crippen LogP contribution in [0.1, 0.15) is 29.6 Å². The lowest BCUT2D eigenvalue weighted by atomic mass is 10.2. The highest BCUT2D eigenvalue weighted by molar-refractivity contribution is 7.99. The summed E-state index contributed by atoms with van der Waals surface area (Å²) in [4.78, 5) is 10.2. The van der Waals surface area contributed by atoms with Gasteiger partial charge >= 0.3 is 5.97 Å². The first-order chi connectivity index (χ1) is 9.85. The Morgan fingerprint density at radius 3 is 2.71 bits per heavy atom. The molecule has 1 aromatic carbocycles. The molecular formula is C13H16FNO4S2. The van der Waals surface area contributed by atoms with E-state index in [9.17, 15) is 17.6 Å². The molecule has 2 atom stereocenters. The molecule has 1 saturated carbocycles. The normalized spacial score (nSPS) is 22.4. The molecule has 1 fully saturated rings. The molecule has 0 saturated heterocycles. The quantitative estimate of drug-likeness (QED) is 0.862. The Kier molecular flexibility index (Phi) is 4.90. The molecule has 1 aliphatic carbocycles.